The molecule has 1 fully saturated rings. The first-order chi connectivity index (χ1) is 11.6. The lowest BCUT2D eigenvalue weighted by Gasteiger charge is -2.36. The van der Waals surface area contributed by atoms with Crippen molar-refractivity contribution in [2.75, 3.05) is 13.1 Å². The molecule has 5 heteroatoms. The van der Waals surface area contributed by atoms with Gasteiger partial charge in [-0.15, -0.1) is 0 Å². The number of likely N-dealkylation sites (tertiary alicyclic amines) is 1. The molecular weight excluding hydrogens is 307 g/mol. The van der Waals surface area contributed by atoms with Crippen LogP contribution in [-0.4, -0.2) is 40.1 Å². The summed E-state index contributed by atoms with van der Waals surface area (Å²) in [4.78, 5) is 18.3. The fraction of sp³-hybridized carbons (Fsp3) is 0.368. The molecule has 1 saturated heterocycles. The van der Waals surface area contributed by atoms with Crippen molar-refractivity contribution in [1.29, 1.82) is 0 Å². The summed E-state index contributed by atoms with van der Waals surface area (Å²) in [5, 5.41) is 10.3. The molecule has 0 saturated carbocycles. The minimum atomic E-state index is -0.433. The number of nitrogens with zero attached hydrogens (tertiary/aromatic N) is 2. The molecule has 2 aromatic rings. The molecule has 3 rings (SSSR count). The highest BCUT2D eigenvalue weighted by molar-refractivity contribution is 5.78. The fourth-order valence-corrected chi connectivity index (χ4v) is 3.16. The van der Waals surface area contributed by atoms with Crippen LogP contribution in [0.3, 0.4) is 0 Å². The van der Waals surface area contributed by atoms with Crippen LogP contribution in [0.2, 0.25) is 0 Å². The smallest absolute Gasteiger partial charge is 0.227 e. The number of piperidine rings is 1. The topological polar surface area (TPSA) is 53.4 Å². The summed E-state index contributed by atoms with van der Waals surface area (Å²) in [6.07, 6.45) is 4.49. The van der Waals surface area contributed by atoms with Crippen LogP contribution >= 0.6 is 0 Å². The first-order valence-corrected chi connectivity index (χ1v) is 8.21. The number of amides is 1. The Balaban J connectivity index is 1.62. The number of rotatable bonds is 4. The second-order valence-corrected chi connectivity index (χ2v) is 6.32. The quantitative estimate of drug-likeness (QED) is 0.936. The second-order valence-electron chi connectivity index (χ2n) is 6.32. The number of halogens is 1. The molecule has 1 aromatic carbocycles. The van der Waals surface area contributed by atoms with Gasteiger partial charge in [-0.3, -0.25) is 9.78 Å². The molecule has 1 aliphatic rings. The van der Waals surface area contributed by atoms with Crippen LogP contribution in [0.25, 0.3) is 0 Å². The molecule has 1 N–H and O–H groups in total. The standard InChI is InChI=1S/C19H21FN2O2/c20-17-5-3-14(4-6-17)10-16-13-22(9-7-18(16)23)19(24)11-15-2-1-8-21-12-15/h1-6,8,12,16,18,23H,7,9-11,13H2/t16-,18-/m1/s1. The SMILES string of the molecule is O=C(Cc1cccnc1)N1CC[C@@H](O)[C@H](Cc2ccc(F)cc2)C1. The number of hydrogen-bond donors (Lipinski definition) is 1. The molecule has 1 aliphatic heterocycles. The highest BCUT2D eigenvalue weighted by Crippen LogP contribution is 2.22. The number of benzene rings is 1. The van der Waals surface area contributed by atoms with Crippen molar-refractivity contribution >= 4 is 5.91 Å². The van der Waals surface area contributed by atoms with Crippen molar-refractivity contribution in [2.24, 2.45) is 5.92 Å². The number of aromatic nitrogens is 1. The molecule has 2 heterocycles. The normalized spacial score (nSPS) is 20.8. The third-order valence-electron chi connectivity index (χ3n) is 4.54. The van der Waals surface area contributed by atoms with Gasteiger partial charge in [-0.05, 0) is 42.2 Å². The van der Waals surface area contributed by atoms with Crippen LogP contribution in [-0.2, 0) is 17.6 Å². The molecule has 1 amide bonds. The van der Waals surface area contributed by atoms with Crippen LogP contribution in [0.4, 0.5) is 4.39 Å². The summed E-state index contributed by atoms with van der Waals surface area (Å²) in [5.41, 5.74) is 1.87. The summed E-state index contributed by atoms with van der Waals surface area (Å²) in [7, 11) is 0. The Hall–Kier alpha value is -2.27. The lowest BCUT2D eigenvalue weighted by molar-refractivity contribution is -0.134. The number of hydrogen-bond acceptors (Lipinski definition) is 3. The van der Waals surface area contributed by atoms with Gasteiger partial charge in [0.2, 0.25) is 5.91 Å². The van der Waals surface area contributed by atoms with Crippen LogP contribution in [0.1, 0.15) is 17.5 Å². The highest BCUT2D eigenvalue weighted by atomic mass is 19.1. The maximum absolute atomic E-state index is 13.0. The van der Waals surface area contributed by atoms with E-state index in [-0.39, 0.29) is 17.6 Å². The van der Waals surface area contributed by atoms with E-state index in [9.17, 15) is 14.3 Å². The van der Waals surface area contributed by atoms with Gasteiger partial charge in [-0.1, -0.05) is 18.2 Å². The Labute approximate surface area is 141 Å². The summed E-state index contributed by atoms with van der Waals surface area (Å²) >= 11 is 0. The number of aliphatic hydroxyl groups excluding tert-OH is 1. The van der Waals surface area contributed by atoms with E-state index in [4.69, 9.17) is 0 Å². The zero-order valence-electron chi connectivity index (χ0n) is 13.4. The average Bonchev–Trinajstić information content (AvgIpc) is 2.59. The Morgan fingerprint density at radius 1 is 1.25 bits per heavy atom. The molecule has 0 spiro atoms. The number of carbonyl (C=O) groups is 1. The third-order valence-corrected chi connectivity index (χ3v) is 4.54. The van der Waals surface area contributed by atoms with E-state index in [0.29, 0.717) is 32.4 Å². The van der Waals surface area contributed by atoms with Crippen LogP contribution in [0, 0.1) is 11.7 Å². The zero-order chi connectivity index (χ0) is 16.9. The van der Waals surface area contributed by atoms with E-state index in [1.807, 2.05) is 17.0 Å². The monoisotopic (exact) mass is 328 g/mol. The molecule has 0 bridgehead atoms. The number of pyridine rings is 1. The Bertz CT molecular complexity index is 676. The van der Waals surface area contributed by atoms with Gasteiger partial charge in [0.05, 0.1) is 12.5 Å². The third kappa shape index (κ3) is 4.17. The summed E-state index contributed by atoms with van der Waals surface area (Å²) in [5.74, 6) is -0.239. The minimum absolute atomic E-state index is 0.0259. The summed E-state index contributed by atoms with van der Waals surface area (Å²) < 4.78 is 13.0. The van der Waals surface area contributed by atoms with E-state index >= 15 is 0 Å². The van der Waals surface area contributed by atoms with Crippen LogP contribution in [0.5, 0.6) is 0 Å². The van der Waals surface area contributed by atoms with E-state index < -0.39 is 6.10 Å². The van der Waals surface area contributed by atoms with Crippen molar-refractivity contribution in [3.8, 4) is 0 Å². The van der Waals surface area contributed by atoms with E-state index in [1.54, 1.807) is 24.5 Å². The highest BCUT2D eigenvalue weighted by Gasteiger charge is 2.30. The van der Waals surface area contributed by atoms with Crippen molar-refractivity contribution < 1.29 is 14.3 Å². The minimum Gasteiger partial charge on any atom is -0.393 e. The zero-order valence-corrected chi connectivity index (χ0v) is 13.4. The fourth-order valence-electron chi connectivity index (χ4n) is 3.16. The summed E-state index contributed by atoms with van der Waals surface area (Å²) in [6.45, 7) is 1.10. The molecule has 1 aromatic heterocycles. The van der Waals surface area contributed by atoms with Crippen molar-refractivity contribution in [1.82, 2.24) is 9.88 Å². The van der Waals surface area contributed by atoms with Gasteiger partial charge >= 0.3 is 0 Å². The molecule has 0 unspecified atom stereocenters. The van der Waals surface area contributed by atoms with Crippen LogP contribution in [0.15, 0.2) is 48.8 Å². The Kier molecular flexibility index (Phi) is 5.20. The summed E-state index contributed by atoms with van der Waals surface area (Å²) in [6, 6.07) is 10.0. The molecular formula is C19H21FN2O2. The van der Waals surface area contributed by atoms with Crippen LogP contribution < -0.4 is 0 Å². The first-order valence-electron chi connectivity index (χ1n) is 8.21. The van der Waals surface area contributed by atoms with Crippen molar-refractivity contribution in [3.63, 3.8) is 0 Å². The average molecular weight is 328 g/mol. The molecule has 0 aliphatic carbocycles. The maximum Gasteiger partial charge on any atom is 0.227 e. The maximum atomic E-state index is 13.0. The predicted octanol–water partition coefficient (Wildman–Crippen LogP) is 2.22. The first kappa shape index (κ1) is 16.6. The number of aliphatic hydroxyl groups is 1. The predicted molar refractivity (Wildman–Crippen MR) is 88.7 cm³/mol. The van der Waals surface area contributed by atoms with Gasteiger partial charge in [-0.25, -0.2) is 4.39 Å². The molecule has 4 nitrogen and oxygen atoms in total. The Morgan fingerprint density at radius 3 is 2.75 bits per heavy atom. The van der Waals surface area contributed by atoms with Crippen molar-refractivity contribution in [3.05, 3.63) is 65.7 Å². The lowest BCUT2D eigenvalue weighted by atomic mass is 9.88. The van der Waals surface area contributed by atoms with E-state index in [0.717, 1.165) is 11.1 Å². The van der Waals surface area contributed by atoms with Gasteiger partial charge in [0.25, 0.3) is 0 Å². The number of carbonyl (C=O) groups excluding carboxylic acids is 1. The van der Waals surface area contributed by atoms with Gasteiger partial charge in [0.15, 0.2) is 0 Å². The van der Waals surface area contributed by atoms with Gasteiger partial charge in [0.1, 0.15) is 5.82 Å². The van der Waals surface area contributed by atoms with Crippen molar-refractivity contribution in [2.45, 2.75) is 25.4 Å². The lowest BCUT2D eigenvalue weighted by Crippen LogP contribution is -2.47. The molecule has 24 heavy (non-hydrogen) atoms. The van der Waals surface area contributed by atoms with Gasteiger partial charge in [0, 0.05) is 31.4 Å². The largest absolute Gasteiger partial charge is 0.393 e. The molecule has 0 radical (unpaired) electrons. The Morgan fingerprint density at radius 2 is 2.04 bits per heavy atom. The second kappa shape index (κ2) is 7.53. The molecule has 126 valence electrons. The van der Waals surface area contributed by atoms with Gasteiger partial charge < -0.3 is 10.0 Å². The van der Waals surface area contributed by atoms with Gasteiger partial charge in [-0.2, -0.15) is 0 Å². The molecule has 2 atom stereocenters. The van der Waals surface area contributed by atoms with E-state index in [2.05, 4.69) is 4.98 Å². The van der Waals surface area contributed by atoms with E-state index in [1.165, 1.54) is 12.1 Å².